The Morgan fingerprint density at radius 1 is 1.40 bits per heavy atom. The van der Waals surface area contributed by atoms with Gasteiger partial charge >= 0.3 is 0 Å². The van der Waals surface area contributed by atoms with E-state index in [2.05, 4.69) is 10.3 Å². The molecule has 0 unspecified atom stereocenters. The number of furan rings is 1. The largest absolute Gasteiger partial charge is 0.504 e. The number of carbonyl (C=O) groups is 1. The molecule has 0 fully saturated rings. The van der Waals surface area contributed by atoms with Gasteiger partial charge in [-0.3, -0.25) is 4.79 Å². The zero-order valence-corrected chi connectivity index (χ0v) is 7.68. The van der Waals surface area contributed by atoms with Crippen LogP contribution in [0.15, 0.2) is 41.1 Å². The fourth-order valence-corrected chi connectivity index (χ4v) is 1.07. The summed E-state index contributed by atoms with van der Waals surface area (Å²) in [6, 6.07) is 6.13. The van der Waals surface area contributed by atoms with E-state index in [9.17, 15) is 9.90 Å². The van der Waals surface area contributed by atoms with Crippen molar-refractivity contribution in [1.29, 1.82) is 0 Å². The van der Waals surface area contributed by atoms with Crippen LogP contribution in [0.3, 0.4) is 0 Å². The summed E-state index contributed by atoms with van der Waals surface area (Å²) in [6.45, 7) is 0. The molecule has 1 amide bonds. The lowest BCUT2D eigenvalue weighted by Gasteiger charge is -2.03. The molecule has 0 atom stereocenters. The first kappa shape index (κ1) is 9.26. The molecule has 5 heteroatoms. The van der Waals surface area contributed by atoms with Crippen molar-refractivity contribution < 1.29 is 14.3 Å². The van der Waals surface area contributed by atoms with Crippen LogP contribution in [-0.4, -0.2) is 16.0 Å². The Kier molecular flexibility index (Phi) is 2.37. The highest BCUT2D eigenvalue weighted by atomic mass is 16.3. The molecule has 5 nitrogen and oxygen atoms in total. The number of anilines is 1. The molecule has 0 saturated heterocycles. The second-order valence-corrected chi connectivity index (χ2v) is 2.80. The molecule has 0 saturated carbocycles. The first-order chi connectivity index (χ1) is 7.27. The minimum absolute atomic E-state index is 0.0857. The second-order valence-electron chi connectivity index (χ2n) is 2.80. The van der Waals surface area contributed by atoms with Crippen LogP contribution in [0.4, 0.5) is 5.82 Å². The lowest BCUT2D eigenvalue weighted by molar-refractivity contribution is 0.0996. The third-order valence-corrected chi connectivity index (χ3v) is 1.76. The van der Waals surface area contributed by atoms with Gasteiger partial charge in [-0.05, 0) is 24.3 Å². The molecule has 0 aliphatic heterocycles. The average Bonchev–Trinajstić information content (AvgIpc) is 2.74. The molecule has 2 aromatic heterocycles. The van der Waals surface area contributed by atoms with E-state index in [1.54, 1.807) is 12.1 Å². The van der Waals surface area contributed by atoms with E-state index >= 15 is 0 Å². The number of nitrogens with one attached hydrogen (secondary N) is 1. The molecule has 2 rings (SSSR count). The molecule has 0 aliphatic rings. The summed E-state index contributed by atoms with van der Waals surface area (Å²) in [5, 5.41) is 11.8. The average molecular weight is 204 g/mol. The number of pyridine rings is 1. The highest BCUT2D eigenvalue weighted by Crippen LogP contribution is 2.18. The summed E-state index contributed by atoms with van der Waals surface area (Å²) in [4.78, 5) is 15.3. The topological polar surface area (TPSA) is 75.4 Å². The fraction of sp³-hybridized carbons (Fsp3) is 0. The maximum Gasteiger partial charge on any atom is 0.292 e. The van der Waals surface area contributed by atoms with Gasteiger partial charge in [-0.2, -0.15) is 0 Å². The van der Waals surface area contributed by atoms with Gasteiger partial charge in [0, 0.05) is 6.20 Å². The van der Waals surface area contributed by atoms with Crippen LogP contribution in [-0.2, 0) is 0 Å². The quantitative estimate of drug-likeness (QED) is 0.779. The third-order valence-electron chi connectivity index (χ3n) is 1.76. The molecule has 0 aromatic carbocycles. The van der Waals surface area contributed by atoms with E-state index in [4.69, 9.17) is 4.42 Å². The smallest absolute Gasteiger partial charge is 0.292 e. The van der Waals surface area contributed by atoms with Gasteiger partial charge in [-0.1, -0.05) is 0 Å². The van der Waals surface area contributed by atoms with Crippen LogP contribution in [0.1, 0.15) is 10.6 Å². The van der Waals surface area contributed by atoms with Crippen LogP contribution in [0.25, 0.3) is 0 Å². The van der Waals surface area contributed by atoms with Crippen molar-refractivity contribution in [3.63, 3.8) is 0 Å². The molecule has 76 valence electrons. The number of amides is 1. The van der Waals surface area contributed by atoms with Crippen molar-refractivity contribution in [2.45, 2.75) is 0 Å². The zero-order valence-electron chi connectivity index (χ0n) is 7.68. The maximum atomic E-state index is 11.5. The predicted molar refractivity (Wildman–Crippen MR) is 52.6 cm³/mol. The normalized spacial score (nSPS) is 9.87. The Hall–Kier alpha value is -2.30. The van der Waals surface area contributed by atoms with Gasteiger partial charge in [0.15, 0.2) is 17.3 Å². The number of rotatable bonds is 2. The molecule has 2 heterocycles. The molecular formula is C10H8N2O3. The third kappa shape index (κ3) is 1.96. The Balaban J connectivity index is 2.17. The van der Waals surface area contributed by atoms with Gasteiger partial charge in [0.1, 0.15) is 0 Å². The summed E-state index contributed by atoms with van der Waals surface area (Å²) < 4.78 is 4.89. The molecule has 0 bridgehead atoms. The fourth-order valence-electron chi connectivity index (χ4n) is 1.07. The Morgan fingerprint density at radius 2 is 2.27 bits per heavy atom. The molecule has 0 radical (unpaired) electrons. The van der Waals surface area contributed by atoms with Crippen molar-refractivity contribution >= 4 is 11.7 Å². The summed E-state index contributed by atoms with van der Waals surface area (Å²) in [5.41, 5.74) is 0. The molecule has 15 heavy (non-hydrogen) atoms. The summed E-state index contributed by atoms with van der Waals surface area (Å²) in [6.07, 6.45) is 2.87. The predicted octanol–water partition coefficient (Wildman–Crippen LogP) is 1.63. The van der Waals surface area contributed by atoms with E-state index < -0.39 is 5.91 Å². The highest BCUT2D eigenvalue weighted by Gasteiger charge is 2.11. The van der Waals surface area contributed by atoms with Crippen molar-refractivity contribution in [2.75, 3.05) is 5.32 Å². The van der Waals surface area contributed by atoms with E-state index in [1.807, 2.05) is 0 Å². The SMILES string of the molecule is O=C(Nc1ncccc1O)c1ccco1. The summed E-state index contributed by atoms with van der Waals surface area (Å²) >= 11 is 0. The van der Waals surface area contributed by atoms with Crippen LogP contribution >= 0.6 is 0 Å². The Bertz CT molecular complexity index is 465. The van der Waals surface area contributed by atoms with Gasteiger partial charge in [-0.25, -0.2) is 4.98 Å². The number of aromatic hydroxyl groups is 1. The van der Waals surface area contributed by atoms with Gasteiger partial charge in [0.25, 0.3) is 5.91 Å². The zero-order chi connectivity index (χ0) is 10.7. The van der Waals surface area contributed by atoms with E-state index in [0.717, 1.165) is 0 Å². The van der Waals surface area contributed by atoms with E-state index in [-0.39, 0.29) is 17.3 Å². The number of nitrogens with zero attached hydrogens (tertiary/aromatic N) is 1. The van der Waals surface area contributed by atoms with Gasteiger partial charge in [0.2, 0.25) is 0 Å². The lowest BCUT2D eigenvalue weighted by Crippen LogP contribution is -2.11. The van der Waals surface area contributed by atoms with Gasteiger partial charge < -0.3 is 14.8 Å². The summed E-state index contributed by atoms with van der Waals surface area (Å²) in [5.74, 6) is -0.259. The molecule has 2 aromatic rings. The van der Waals surface area contributed by atoms with Crippen LogP contribution < -0.4 is 5.32 Å². The highest BCUT2D eigenvalue weighted by molar-refractivity contribution is 6.02. The van der Waals surface area contributed by atoms with Crippen molar-refractivity contribution in [3.8, 4) is 5.75 Å². The minimum Gasteiger partial charge on any atom is -0.504 e. The standard InChI is InChI=1S/C10H8N2O3/c13-7-3-1-5-11-9(7)12-10(14)8-4-2-6-15-8/h1-6,13H,(H,11,12,14). The van der Waals surface area contributed by atoms with Crippen molar-refractivity contribution in [1.82, 2.24) is 4.98 Å². The summed E-state index contributed by atoms with van der Waals surface area (Å²) in [7, 11) is 0. The number of hydrogen-bond acceptors (Lipinski definition) is 4. The van der Waals surface area contributed by atoms with E-state index in [1.165, 1.54) is 24.6 Å². The van der Waals surface area contributed by atoms with Crippen LogP contribution in [0.5, 0.6) is 5.75 Å². The minimum atomic E-state index is -0.450. The first-order valence-corrected chi connectivity index (χ1v) is 4.26. The molecular weight excluding hydrogens is 196 g/mol. The van der Waals surface area contributed by atoms with Crippen molar-refractivity contribution in [3.05, 3.63) is 42.5 Å². The van der Waals surface area contributed by atoms with Crippen molar-refractivity contribution in [2.24, 2.45) is 0 Å². The number of aromatic nitrogens is 1. The lowest BCUT2D eigenvalue weighted by atomic mass is 10.4. The monoisotopic (exact) mass is 204 g/mol. The van der Waals surface area contributed by atoms with Crippen LogP contribution in [0.2, 0.25) is 0 Å². The molecule has 0 aliphatic carbocycles. The number of hydrogen-bond donors (Lipinski definition) is 2. The van der Waals surface area contributed by atoms with Crippen LogP contribution in [0, 0.1) is 0 Å². The maximum absolute atomic E-state index is 11.5. The molecule has 2 N–H and O–H groups in total. The van der Waals surface area contributed by atoms with Gasteiger partial charge in [-0.15, -0.1) is 0 Å². The first-order valence-electron chi connectivity index (χ1n) is 4.26. The van der Waals surface area contributed by atoms with Gasteiger partial charge in [0.05, 0.1) is 6.26 Å². The molecule has 0 spiro atoms. The second kappa shape index (κ2) is 3.83. The Labute approximate surface area is 85.4 Å². The Morgan fingerprint density at radius 3 is 2.93 bits per heavy atom. The van der Waals surface area contributed by atoms with E-state index in [0.29, 0.717) is 0 Å². The number of carbonyl (C=O) groups excluding carboxylic acids is 1.